The molecule has 18 heavy (non-hydrogen) atoms. The first kappa shape index (κ1) is 14.1. The smallest absolute Gasteiger partial charge is 0.142 e. The summed E-state index contributed by atoms with van der Waals surface area (Å²) in [5.74, 6) is -0.469. The van der Waals surface area contributed by atoms with Gasteiger partial charge in [-0.05, 0) is 12.1 Å². The van der Waals surface area contributed by atoms with Crippen LogP contribution >= 0.6 is 23.2 Å². The fraction of sp³-hybridized carbons (Fsp3) is 0.538. The molecule has 1 heterocycles. The highest BCUT2D eigenvalue weighted by atomic mass is 35.5. The Kier molecular flexibility index (Phi) is 4.17. The molecule has 0 aliphatic carbocycles. The number of hydrogen-bond acceptors (Lipinski definition) is 2. The summed E-state index contributed by atoms with van der Waals surface area (Å²) in [5, 5.41) is 3.78. The summed E-state index contributed by atoms with van der Waals surface area (Å²) < 4.78 is 19.3. The van der Waals surface area contributed by atoms with Crippen LogP contribution < -0.4 is 5.32 Å². The normalized spacial score (nSPS) is 23.7. The molecule has 1 aromatic rings. The van der Waals surface area contributed by atoms with Crippen molar-refractivity contribution in [3.8, 4) is 0 Å². The zero-order chi connectivity index (χ0) is 13.3. The molecular formula is C13H16Cl2FNO. The van der Waals surface area contributed by atoms with E-state index in [-0.39, 0.29) is 16.5 Å². The molecular weight excluding hydrogens is 276 g/mol. The van der Waals surface area contributed by atoms with Gasteiger partial charge in [0.1, 0.15) is 5.82 Å². The van der Waals surface area contributed by atoms with Gasteiger partial charge in [-0.25, -0.2) is 4.39 Å². The molecule has 1 saturated heterocycles. The molecule has 0 bridgehead atoms. The van der Waals surface area contributed by atoms with Gasteiger partial charge in [0.2, 0.25) is 0 Å². The van der Waals surface area contributed by atoms with Crippen molar-refractivity contribution in [2.24, 2.45) is 5.41 Å². The van der Waals surface area contributed by atoms with E-state index < -0.39 is 5.82 Å². The van der Waals surface area contributed by atoms with Crippen LogP contribution in [0.2, 0.25) is 10.0 Å². The Morgan fingerprint density at radius 3 is 2.78 bits per heavy atom. The minimum atomic E-state index is -0.469. The number of hydrogen-bond donors (Lipinski definition) is 1. The average molecular weight is 292 g/mol. The van der Waals surface area contributed by atoms with Crippen molar-refractivity contribution in [3.63, 3.8) is 0 Å². The Morgan fingerprint density at radius 1 is 1.33 bits per heavy atom. The van der Waals surface area contributed by atoms with Gasteiger partial charge in [-0.2, -0.15) is 0 Å². The third-order valence-corrected chi connectivity index (χ3v) is 3.61. The van der Waals surface area contributed by atoms with Gasteiger partial charge in [0.15, 0.2) is 0 Å². The van der Waals surface area contributed by atoms with Crippen molar-refractivity contribution in [1.29, 1.82) is 0 Å². The van der Waals surface area contributed by atoms with Crippen LogP contribution in [0, 0.1) is 11.2 Å². The predicted octanol–water partition coefficient (Wildman–Crippen LogP) is 3.82. The molecule has 0 aromatic heterocycles. The molecule has 1 unspecified atom stereocenters. The minimum Gasteiger partial charge on any atom is -0.372 e. The fourth-order valence-electron chi connectivity index (χ4n) is 1.96. The SMILES string of the molecule is CC1(C)CNCC(c2cc(F)c(Cl)cc2Cl)OC1. The maximum Gasteiger partial charge on any atom is 0.142 e. The molecule has 1 aliphatic rings. The quantitative estimate of drug-likeness (QED) is 0.794. The number of nitrogens with one attached hydrogen (secondary N) is 1. The zero-order valence-corrected chi connectivity index (χ0v) is 11.9. The maximum absolute atomic E-state index is 13.5. The van der Waals surface area contributed by atoms with E-state index >= 15 is 0 Å². The van der Waals surface area contributed by atoms with Crippen LogP contribution in [0.4, 0.5) is 4.39 Å². The van der Waals surface area contributed by atoms with Gasteiger partial charge in [-0.15, -0.1) is 0 Å². The summed E-state index contributed by atoms with van der Waals surface area (Å²) >= 11 is 11.8. The number of rotatable bonds is 1. The summed E-state index contributed by atoms with van der Waals surface area (Å²) in [6.07, 6.45) is -0.244. The Bertz CT molecular complexity index is 451. The van der Waals surface area contributed by atoms with E-state index in [9.17, 15) is 4.39 Å². The second-order valence-electron chi connectivity index (χ2n) is 5.38. The molecule has 100 valence electrons. The van der Waals surface area contributed by atoms with Crippen molar-refractivity contribution in [2.45, 2.75) is 20.0 Å². The molecule has 5 heteroatoms. The standard InChI is InChI=1S/C13H16Cl2FNO/c1-13(2)6-17-5-12(18-7-13)8-3-11(16)10(15)4-9(8)14/h3-4,12,17H,5-7H2,1-2H3. The summed E-state index contributed by atoms with van der Waals surface area (Å²) in [6, 6.07) is 2.78. The number of ether oxygens (including phenoxy) is 1. The molecule has 1 atom stereocenters. The number of benzene rings is 1. The Morgan fingerprint density at radius 2 is 2.06 bits per heavy atom. The van der Waals surface area contributed by atoms with E-state index in [1.807, 2.05) is 0 Å². The first-order valence-electron chi connectivity index (χ1n) is 5.86. The van der Waals surface area contributed by atoms with Crippen molar-refractivity contribution >= 4 is 23.2 Å². The zero-order valence-electron chi connectivity index (χ0n) is 10.4. The average Bonchev–Trinajstić information content (AvgIpc) is 2.45. The van der Waals surface area contributed by atoms with Gasteiger partial charge < -0.3 is 10.1 Å². The Balaban J connectivity index is 2.24. The first-order valence-corrected chi connectivity index (χ1v) is 6.61. The lowest BCUT2D eigenvalue weighted by Crippen LogP contribution is -2.29. The second-order valence-corrected chi connectivity index (χ2v) is 6.20. The van der Waals surface area contributed by atoms with Crippen LogP contribution in [-0.2, 0) is 4.74 Å². The van der Waals surface area contributed by atoms with E-state index in [0.29, 0.717) is 23.7 Å². The Labute approximate surface area is 116 Å². The maximum atomic E-state index is 13.5. The molecule has 1 aliphatic heterocycles. The highest BCUT2D eigenvalue weighted by molar-refractivity contribution is 6.35. The van der Waals surface area contributed by atoms with Gasteiger partial charge in [0.25, 0.3) is 0 Å². The topological polar surface area (TPSA) is 21.3 Å². The van der Waals surface area contributed by atoms with Gasteiger partial charge in [-0.3, -0.25) is 0 Å². The third-order valence-electron chi connectivity index (χ3n) is 3.00. The fourth-order valence-corrected chi connectivity index (χ4v) is 2.47. The van der Waals surface area contributed by atoms with E-state index in [0.717, 1.165) is 6.54 Å². The summed E-state index contributed by atoms with van der Waals surface area (Å²) in [6.45, 7) is 6.31. The van der Waals surface area contributed by atoms with Crippen molar-refractivity contribution in [2.75, 3.05) is 19.7 Å². The lowest BCUT2D eigenvalue weighted by Gasteiger charge is -2.22. The van der Waals surface area contributed by atoms with Gasteiger partial charge in [0.05, 0.1) is 17.7 Å². The number of halogens is 3. The van der Waals surface area contributed by atoms with Crippen LogP contribution in [0.25, 0.3) is 0 Å². The summed E-state index contributed by atoms with van der Waals surface area (Å²) in [4.78, 5) is 0. The van der Waals surface area contributed by atoms with Crippen molar-refractivity contribution in [3.05, 3.63) is 33.6 Å². The molecule has 0 saturated carbocycles. The van der Waals surface area contributed by atoms with Crippen LogP contribution in [0.15, 0.2) is 12.1 Å². The van der Waals surface area contributed by atoms with E-state index in [1.165, 1.54) is 12.1 Å². The van der Waals surface area contributed by atoms with E-state index in [1.54, 1.807) is 0 Å². The van der Waals surface area contributed by atoms with Crippen molar-refractivity contribution < 1.29 is 9.13 Å². The monoisotopic (exact) mass is 291 g/mol. The largest absolute Gasteiger partial charge is 0.372 e. The highest BCUT2D eigenvalue weighted by Gasteiger charge is 2.27. The minimum absolute atomic E-state index is 0.0330. The molecule has 0 spiro atoms. The molecule has 1 N–H and O–H groups in total. The van der Waals surface area contributed by atoms with Gasteiger partial charge in [0, 0.05) is 29.1 Å². The van der Waals surface area contributed by atoms with Crippen LogP contribution in [-0.4, -0.2) is 19.7 Å². The molecule has 2 nitrogen and oxygen atoms in total. The summed E-state index contributed by atoms with van der Waals surface area (Å²) in [7, 11) is 0. The highest BCUT2D eigenvalue weighted by Crippen LogP contribution is 2.32. The lowest BCUT2D eigenvalue weighted by molar-refractivity contribution is 0.0259. The van der Waals surface area contributed by atoms with Gasteiger partial charge in [-0.1, -0.05) is 37.0 Å². The van der Waals surface area contributed by atoms with Crippen LogP contribution in [0.5, 0.6) is 0 Å². The lowest BCUT2D eigenvalue weighted by atomic mass is 9.95. The molecule has 1 aromatic carbocycles. The van der Waals surface area contributed by atoms with Crippen LogP contribution in [0.1, 0.15) is 25.5 Å². The third kappa shape index (κ3) is 3.15. The molecule has 2 rings (SSSR count). The predicted molar refractivity (Wildman–Crippen MR) is 71.8 cm³/mol. The molecule has 0 amide bonds. The Hall–Kier alpha value is -0.350. The van der Waals surface area contributed by atoms with Gasteiger partial charge >= 0.3 is 0 Å². The van der Waals surface area contributed by atoms with E-state index in [2.05, 4.69) is 19.2 Å². The first-order chi connectivity index (χ1) is 8.39. The molecule has 1 fully saturated rings. The van der Waals surface area contributed by atoms with Crippen molar-refractivity contribution in [1.82, 2.24) is 5.32 Å². The summed E-state index contributed by atoms with van der Waals surface area (Å²) in [5.41, 5.74) is 0.704. The van der Waals surface area contributed by atoms with E-state index in [4.69, 9.17) is 27.9 Å². The second kappa shape index (κ2) is 5.33. The molecule has 0 radical (unpaired) electrons. The van der Waals surface area contributed by atoms with Crippen LogP contribution in [0.3, 0.4) is 0 Å².